The molecule has 1 fully saturated rings. The van der Waals surface area contributed by atoms with Crippen LogP contribution in [0.2, 0.25) is 0 Å². The summed E-state index contributed by atoms with van der Waals surface area (Å²) in [7, 11) is 2.22. The predicted octanol–water partition coefficient (Wildman–Crippen LogP) is 3.90. The number of likely N-dealkylation sites (tertiary alicyclic amines) is 1. The van der Waals surface area contributed by atoms with Gasteiger partial charge in [0.05, 0.1) is 0 Å². The molecule has 2 unspecified atom stereocenters. The Morgan fingerprint density at radius 1 is 1.39 bits per heavy atom. The lowest BCUT2D eigenvalue weighted by molar-refractivity contribution is 0.197. The minimum atomic E-state index is 0.529. The Bertz CT molecular complexity index is 385. The van der Waals surface area contributed by atoms with Gasteiger partial charge in [0.15, 0.2) is 0 Å². The Kier molecular flexibility index (Phi) is 4.68. The summed E-state index contributed by atoms with van der Waals surface area (Å²) in [5, 5.41) is 3.66. The van der Waals surface area contributed by atoms with E-state index in [2.05, 4.69) is 65.2 Å². The maximum absolute atomic E-state index is 3.66. The number of nitrogens with one attached hydrogen (secondary N) is 1. The van der Waals surface area contributed by atoms with E-state index in [4.69, 9.17) is 0 Å². The normalized spacial score (nSPS) is 22.8. The van der Waals surface area contributed by atoms with Crippen LogP contribution in [0.15, 0.2) is 22.7 Å². The number of halogens is 1. The van der Waals surface area contributed by atoms with Crippen molar-refractivity contribution < 1.29 is 0 Å². The lowest BCUT2D eigenvalue weighted by atomic mass is 9.91. The molecule has 100 valence electrons. The average Bonchev–Trinajstić information content (AvgIpc) is 2.27. The second-order valence-corrected chi connectivity index (χ2v) is 6.53. The molecule has 1 heterocycles. The van der Waals surface area contributed by atoms with Gasteiger partial charge < -0.3 is 10.2 Å². The van der Waals surface area contributed by atoms with Crippen LogP contribution in [0.1, 0.15) is 25.3 Å². The topological polar surface area (TPSA) is 15.3 Å². The van der Waals surface area contributed by atoms with Crippen LogP contribution in [0.25, 0.3) is 0 Å². The first kappa shape index (κ1) is 13.9. The zero-order valence-corrected chi connectivity index (χ0v) is 13.1. The van der Waals surface area contributed by atoms with Crippen LogP contribution >= 0.6 is 15.9 Å². The van der Waals surface area contributed by atoms with Crippen molar-refractivity contribution >= 4 is 21.6 Å². The van der Waals surface area contributed by atoms with Gasteiger partial charge in [0.25, 0.3) is 0 Å². The standard InChI is InChI=1S/C15H23BrN2/c1-11-7-14(16)9-15(8-11)17-12(2)13-5-4-6-18(3)10-13/h7-9,12-13,17H,4-6,10H2,1-3H3. The lowest BCUT2D eigenvalue weighted by Crippen LogP contribution is -2.39. The summed E-state index contributed by atoms with van der Waals surface area (Å²) in [6.07, 6.45) is 2.66. The summed E-state index contributed by atoms with van der Waals surface area (Å²) in [5.74, 6) is 0.753. The van der Waals surface area contributed by atoms with Gasteiger partial charge >= 0.3 is 0 Å². The molecular formula is C15H23BrN2. The van der Waals surface area contributed by atoms with Crippen molar-refractivity contribution in [1.82, 2.24) is 4.90 Å². The number of hydrogen-bond donors (Lipinski definition) is 1. The minimum absolute atomic E-state index is 0.529. The Hall–Kier alpha value is -0.540. The second kappa shape index (κ2) is 6.07. The van der Waals surface area contributed by atoms with E-state index < -0.39 is 0 Å². The number of anilines is 1. The minimum Gasteiger partial charge on any atom is -0.382 e. The Balaban J connectivity index is 1.99. The Morgan fingerprint density at radius 3 is 2.83 bits per heavy atom. The molecular weight excluding hydrogens is 288 g/mol. The van der Waals surface area contributed by atoms with Gasteiger partial charge in [-0.15, -0.1) is 0 Å². The molecule has 18 heavy (non-hydrogen) atoms. The van der Waals surface area contributed by atoms with Crippen molar-refractivity contribution in [2.75, 3.05) is 25.5 Å². The van der Waals surface area contributed by atoms with Gasteiger partial charge in [-0.25, -0.2) is 0 Å². The fourth-order valence-corrected chi connectivity index (χ4v) is 3.42. The van der Waals surface area contributed by atoms with E-state index in [1.807, 2.05) is 0 Å². The molecule has 2 nitrogen and oxygen atoms in total. The van der Waals surface area contributed by atoms with Gasteiger partial charge in [-0.1, -0.05) is 15.9 Å². The van der Waals surface area contributed by atoms with E-state index in [1.54, 1.807) is 0 Å². The van der Waals surface area contributed by atoms with Crippen LogP contribution in [0.5, 0.6) is 0 Å². The molecule has 0 bridgehead atoms. The van der Waals surface area contributed by atoms with Crippen LogP contribution in [0.4, 0.5) is 5.69 Å². The summed E-state index contributed by atoms with van der Waals surface area (Å²) in [6.45, 7) is 6.90. The predicted molar refractivity (Wildman–Crippen MR) is 82.2 cm³/mol. The highest BCUT2D eigenvalue weighted by Crippen LogP contribution is 2.24. The molecule has 3 heteroatoms. The molecule has 1 saturated heterocycles. The third kappa shape index (κ3) is 3.72. The summed E-state index contributed by atoms with van der Waals surface area (Å²) in [4.78, 5) is 2.44. The zero-order chi connectivity index (χ0) is 13.1. The van der Waals surface area contributed by atoms with Crippen molar-refractivity contribution in [3.05, 3.63) is 28.2 Å². The molecule has 2 rings (SSSR count). The maximum atomic E-state index is 3.66. The smallest absolute Gasteiger partial charge is 0.0356 e. The average molecular weight is 311 g/mol. The van der Waals surface area contributed by atoms with Crippen molar-refractivity contribution in [2.24, 2.45) is 5.92 Å². The Morgan fingerprint density at radius 2 is 2.17 bits per heavy atom. The van der Waals surface area contributed by atoms with Crippen molar-refractivity contribution in [3.8, 4) is 0 Å². The fourth-order valence-electron chi connectivity index (χ4n) is 2.81. The van der Waals surface area contributed by atoms with Crippen LogP contribution in [0.3, 0.4) is 0 Å². The summed E-state index contributed by atoms with van der Waals surface area (Å²) >= 11 is 3.56. The number of nitrogens with zero attached hydrogens (tertiary/aromatic N) is 1. The van der Waals surface area contributed by atoms with Gasteiger partial charge in [-0.2, -0.15) is 0 Å². The van der Waals surface area contributed by atoms with Gasteiger partial charge in [0, 0.05) is 22.7 Å². The van der Waals surface area contributed by atoms with Gasteiger partial charge in [-0.3, -0.25) is 0 Å². The maximum Gasteiger partial charge on any atom is 0.0356 e. The Labute approximate surface area is 119 Å². The highest BCUT2D eigenvalue weighted by Gasteiger charge is 2.22. The number of aryl methyl sites for hydroxylation is 1. The first-order chi connectivity index (χ1) is 8.54. The molecule has 1 aromatic rings. The fraction of sp³-hybridized carbons (Fsp3) is 0.600. The molecule has 1 aromatic carbocycles. The third-order valence-electron chi connectivity index (χ3n) is 3.80. The quantitative estimate of drug-likeness (QED) is 0.911. The first-order valence-electron chi connectivity index (χ1n) is 6.77. The van der Waals surface area contributed by atoms with Crippen LogP contribution in [-0.2, 0) is 0 Å². The summed E-state index contributed by atoms with van der Waals surface area (Å²) < 4.78 is 1.15. The molecule has 1 aliphatic heterocycles. The van der Waals surface area contributed by atoms with Crippen LogP contribution < -0.4 is 5.32 Å². The van der Waals surface area contributed by atoms with E-state index in [-0.39, 0.29) is 0 Å². The van der Waals surface area contributed by atoms with E-state index in [9.17, 15) is 0 Å². The van der Waals surface area contributed by atoms with Crippen molar-refractivity contribution in [1.29, 1.82) is 0 Å². The molecule has 2 atom stereocenters. The highest BCUT2D eigenvalue weighted by molar-refractivity contribution is 9.10. The number of piperidine rings is 1. The largest absolute Gasteiger partial charge is 0.382 e. The second-order valence-electron chi connectivity index (χ2n) is 5.61. The van der Waals surface area contributed by atoms with E-state index in [0.29, 0.717) is 6.04 Å². The lowest BCUT2D eigenvalue weighted by Gasteiger charge is -2.34. The molecule has 1 N–H and O–H groups in total. The van der Waals surface area contributed by atoms with Gasteiger partial charge in [0.1, 0.15) is 0 Å². The third-order valence-corrected chi connectivity index (χ3v) is 4.26. The number of rotatable bonds is 3. The van der Waals surface area contributed by atoms with Crippen LogP contribution in [-0.4, -0.2) is 31.1 Å². The van der Waals surface area contributed by atoms with Crippen molar-refractivity contribution in [2.45, 2.75) is 32.7 Å². The number of benzene rings is 1. The molecule has 0 spiro atoms. The molecule has 0 saturated carbocycles. The first-order valence-corrected chi connectivity index (χ1v) is 7.56. The van der Waals surface area contributed by atoms with Crippen molar-refractivity contribution in [3.63, 3.8) is 0 Å². The van der Waals surface area contributed by atoms with Crippen LogP contribution in [0, 0.1) is 12.8 Å². The number of hydrogen-bond acceptors (Lipinski definition) is 2. The monoisotopic (exact) mass is 310 g/mol. The molecule has 0 radical (unpaired) electrons. The highest BCUT2D eigenvalue weighted by atomic mass is 79.9. The molecule has 1 aliphatic rings. The molecule has 0 amide bonds. The summed E-state index contributed by atoms with van der Waals surface area (Å²) in [6, 6.07) is 7.05. The zero-order valence-electron chi connectivity index (χ0n) is 11.5. The van der Waals surface area contributed by atoms with Gasteiger partial charge in [-0.05, 0) is 70.0 Å². The van der Waals surface area contributed by atoms with E-state index >= 15 is 0 Å². The summed E-state index contributed by atoms with van der Waals surface area (Å²) in [5.41, 5.74) is 2.52. The SMILES string of the molecule is Cc1cc(Br)cc(NC(C)C2CCCN(C)C2)c1. The molecule has 0 aliphatic carbocycles. The van der Waals surface area contributed by atoms with E-state index in [0.717, 1.165) is 10.4 Å². The molecule has 0 aromatic heterocycles. The van der Waals surface area contributed by atoms with E-state index in [1.165, 1.54) is 37.2 Å². The van der Waals surface area contributed by atoms with Gasteiger partial charge in [0.2, 0.25) is 0 Å².